The molecular formula is C29H42N6O4. The van der Waals surface area contributed by atoms with Crippen LogP contribution in [0.25, 0.3) is 11.3 Å². The van der Waals surface area contributed by atoms with Gasteiger partial charge in [0.15, 0.2) is 5.82 Å². The van der Waals surface area contributed by atoms with Crippen molar-refractivity contribution in [3.05, 3.63) is 30.3 Å². The van der Waals surface area contributed by atoms with Gasteiger partial charge in [-0.05, 0) is 50.2 Å². The zero-order chi connectivity index (χ0) is 27.8. The molecule has 2 fully saturated rings. The number of benzene rings is 1. The summed E-state index contributed by atoms with van der Waals surface area (Å²) >= 11 is 0. The van der Waals surface area contributed by atoms with E-state index in [1.54, 1.807) is 19.1 Å². The molecule has 1 aliphatic heterocycles. The lowest BCUT2D eigenvalue weighted by atomic mass is 9.84. The third-order valence-electron chi connectivity index (χ3n) is 7.96. The lowest BCUT2D eigenvalue weighted by molar-refractivity contribution is -0.145. The molecule has 2 aliphatic rings. The van der Waals surface area contributed by atoms with Crippen molar-refractivity contribution >= 4 is 17.6 Å². The van der Waals surface area contributed by atoms with Gasteiger partial charge in [-0.1, -0.05) is 20.3 Å². The number of piperazine rings is 1. The van der Waals surface area contributed by atoms with Gasteiger partial charge >= 0.3 is 0 Å². The van der Waals surface area contributed by atoms with Gasteiger partial charge < -0.3 is 29.1 Å². The maximum absolute atomic E-state index is 13.2. The number of amides is 2. The van der Waals surface area contributed by atoms with E-state index in [2.05, 4.69) is 33.8 Å². The Morgan fingerprint density at radius 3 is 2.26 bits per heavy atom. The Morgan fingerprint density at radius 1 is 0.949 bits per heavy atom. The molecule has 1 saturated heterocycles. The van der Waals surface area contributed by atoms with E-state index < -0.39 is 0 Å². The summed E-state index contributed by atoms with van der Waals surface area (Å²) in [5.41, 5.74) is 1.56. The quantitative estimate of drug-likeness (QED) is 0.408. The van der Waals surface area contributed by atoms with E-state index in [1.165, 1.54) is 0 Å². The summed E-state index contributed by atoms with van der Waals surface area (Å²) < 4.78 is 10.8. The van der Waals surface area contributed by atoms with Gasteiger partial charge in [0, 0.05) is 56.8 Å². The standard InChI is InChI=1S/C29H42N6O4/c1-5-32(6-2)14-15-35(29(37)22-8-7-9-22)21-28(36)34-18-16-33(17-19-34)27-13-12-25(30-31-27)24-11-10-23(38-3)20-26(24)39-4/h10-13,20,22H,5-9,14-19,21H2,1-4H3. The zero-order valence-corrected chi connectivity index (χ0v) is 23.8. The van der Waals surface area contributed by atoms with Gasteiger partial charge in [0.1, 0.15) is 11.5 Å². The second-order valence-corrected chi connectivity index (χ2v) is 10.1. The van der Waals surface area contributed by atoms with Crippen molar-refractivity contribution in [1.29, 1.82) is 0 Å². The summed E-state index contributed by atoms with van der Waals surface area (Å²) in [7, 11) is 3.24. The number of hydrogen-bond donors (Lipinski definition) is 0. The molecular weight excluding hydrogens is 496 g/mol. The van der Waals surface area contributed by atoms with Crippen LogP contribution in [-0.4, -0.2) is 110 Å². The van der Waals surface area contributed by atoms with Crippen molar-refractivity contribution in [1.82, 2.24) is 24.9 Å². The number of anilines is 1. The van der Waals surface area contributed by atoms with Crippen LogP contribution in [0.15, 0.2) is 30.3 Å². The van der Waals surface area contributed by atoms with Crippen LogP contribution in [0, 0.1) is 5.92 Å². The number of aromatic nitrogens is 2. The fourth-order valence-corrected chi connectivity index (χ4v) is 5.08. The van der Waals surface area contributed by atoms with Crippen LogP contribution in [0.1, 0.15) is 33.1 Å². The van der Waals surface area contributed by atoms with Gasteiger partial charge in [0.2, 0.25) is 11.8 Å². The van der Waals surface area contributed by atoms with E-state index in [9.17, 15) is 9.59 Å². The summed E-state index contributed by atoms with van der Waals surface area (Å²) in [6, 6.07) is 9.49. The highest BCUT2D eigenvalue weighted by molar-refractivity contribution is 5.86. The maximum Gasteiger partial charge on any atom is 0.242 e. The molecule has 0 N–H and O–H groups in total. The highest BCUT2D eigenvalue weighted by atomic mass is 16.5. The molecule has 39 heavy (non-hydrogen) atoms. The first-order valence-corrected chi connectivity index (χ1v) is 14.1. The van der Waals surface area contributed by atoms with Gasteiger partial charge in [0.05, 0.1) is 26.5 Å². The van der Waals surface area contributed by atoms with Crippen LogP contribution in [0.2, 0.25) is 0 Å². The molecule has 0 atom stereocenters. The third-order valence-corrected chi connectivity index (χ3v) is 7.96. The molecule has 1 aromatic carbocycles. The number of rotatable bonds is 12. The molecule has 2 aromatic rings. The molecule has 0 bridgehead atoms. The lowest BCUT2D eigenvalue weighted by Crippen LogP contribution is -2.53. The fourth-order valence-electron chi connectivity index (χ4n) is 5.08. The van der Waals surface area contributed by atoms with Crippen molar-refractivity contribution in [2.24, 2.45) is 5.92 Å². The predicted octanol–water partition coefficient (Wildman–Crippen LogP) is 2.78. The molecule has 2 heterocycles. The Morgan fingerprint density at radius 2 is 1.69 bits per heavy atom. The Hall–Kier alpha value is -3.40. The first kappa shape index (κ1) is 28.6. The van der Waals surface area contributed by atoms with E-state index in [0.717, 1.165) is 50.3 Å². The van der Waals surface area contributed by atoms with Crippen LogP contribution in [0.3, 0.4) is 0 Å². The van der Waals surface area contributed by atoms with Crippen molar-refractivity contribution in [2.75, 3.05) is 78.0 Å². The Balaban J connectivity index is 1.33. The summed E-state index contributed by atoms with van der Waals surface area (Å²) in [6.07, 6.45) is 2.99. The molecule has 1 saturated carbocycles. The molecule has 1 aromatic heterocycles. The fraction of sp³-hybridized carbons (Fsp3) is 0.586. The van der Waals surface area contributed by atoms with Gasteiger partial charge in [-0.25, -0.2) is 0 Å². The minimum atomic E-state index is 0.0231. The first-order chi connectivity index (χ1) is 19.0. The average molecular weight is 539 g/mol. The number of carbonyl (C=O) groups excluding carboxylic acids is 2. The van der Waals surface area contributed by atoms with Gasteiger partial charge in [-0.3, -0.25) is 9.59 Å². The normalized spacial score (nSPS) is 15.7. The molecule has 10 heteroatoms. The number of hydrogen-bond acceptors (Lipinski definition) is 8. The van der Waals surface area contributed by atoms with E-state index >= 15 is 0 Å². The molecule has 4 rings (SSSR count). The number of nitrogens with zero attached hydrogens (tertiary/aromatic N) is 6. The van der Waals surface area contributed by atoms with Crippen molar-refractivity contribution in [2.45, 2.75) is 33.1 Å². The van der Waals surface area contributed by atoms with Crippen LogP contribution < -0.4 is 14.4 Å². The molecule has 0 unspecified atom stereocenters. The summed E-state index contributed by atoms with van der Waals surface area (Å²) in [5.74, 6) is 2.42. The average Bonchev–Trinajstić information content (AvgIpc) is 2.95. The minimum Gasteiger partial charge on any atom is -0.497 e. The zero-order valence-electron chi connectivity index (χ0n) is 23.8. The summed E-state index contributed by atoms with van der Waals surface area (Å²) in [5, 5.41) is 8.90. The largest absolute Gasteiger partial charge is 0.497 e. The molecule has 1 aliphatic carbocycles. The molecule has 0 radical (unpaired) electrons. The van der Waals surface area contributed by atoms with Crippen LogP contribution >= 0.6 is 0 Å². The number of likely N-dealkylation sites (N-methyl/N-ethyl adjacent to an activating group) is 1. The minimum absolute atomic E-state index is 0.0231. The lowest BCUT2D eigenvalue weighted by Gasteiger charge is -2.37. The summed E-state index contributed by atoms with van der Waals surface area (Å²) in [4.78, 5) is 34.4. The maximum atomic E-state index is 13.2. The molecule has 2 amide bonds. The van der Waals surface area contributed by atoms with Gasteiger partial charge in [-0.15, -0.1) is 10.2 Å². The highest BCUT2D eigenvalue weighted by Gasteiger charge is 2.32. The van der Waals surface area contributed by atoms with Crippen molar-refractivity contribution in [3.63, 3.8) is 0 Å². The number of carbonyl (C=O) groups is 2. The van der Waals surface area contributed by atoms with Crippen molar-refractivity contribution in [3.8, 4) is 22.8 Å². The van der Waals surface area contributed by atoms with Crippen molar-refractivity contribution < 1.29 is 19.1 Å². The molecule has 10 nitrogen and oxygen atoms in total. The summed E-state index contributed by atoms with van der Waals surface area (Å²) in [6.45, 7) is 10.2. The number of methoxy groups -OCH3 is 2. The Bertz CT molecular complexity index is 1100. The number of ether oxygens (including phenoxy) is 2. The van der Waals surface area contributed by atoms with Crippen LogP contribution in [0.5, 0.6) is 11.5 Å². The molecule has 0 spiro atoms. The third kappa shape index (κ3) is 6.98. The highest BCUT2D eigenvalue weighted by Crippen LogP contribution is 2.32. The molecule has 212 valence electrons. The van der Waals surface area contributed by atoms with Gasteiger partial charge in [0.25, 0.3) is 0 Å². The van der Waals surface area contributed by atoms with E-state index in [4.69, 9.17) is 9.47 Å². The van der Waals surface area contributed by atoms with E-state index in [1.807, 2.05) is 35.2 Å². The van der Waals surface area contributed by atoms with E-state index in [0.29, 0.717) is 49.9 Å². The Kier molecular flexibility index (Phi) is 9.97. The predicted molar refractivity (Wildman–Crippen MR) is 151 cm³/mol. The second-order valence-electron chi connectivity index (χ2n) is 10.1. The van der Waals surface area contributed by atoms with E-state index in [-0.39, 0.29) is 24.3 Å². The second kappa shape index (κ2) is 13.6. The van der Waals surface area contributed by atoms with Crippen LogP contribution in [0.4, 0.5) is 5.82 Å². The smallest absolute Gasteiger partial charge is 0.242 e. The topological polar surface area (TPSA) is 91.3 Å². The monoisotopic (exact) mass is 538 g/mol. The van der Waals surface area contributed by atoms with Gasteiger partial charge in [-0.2, -0.15) is 0 Å². The van der Waals surface area contributed by atoms with Crippen LogP contribution in [-0.2, 0) is 9.59 Å². The first-order valence-electron chi connectivity index (χ1n) is 14.1. The SMILES string of the molecule is CCN(CC)CCN(CC(=O)N1CCN(c2ccc(-c3ccc(OC)cc3OC)nn2)CC1)C(=O)C1CCC1. The Labute approximate surface area is 231 Å².